The number of nitrogens with two attached hydrogens (primary N) is 1. The van der Waals surface area contributed by atoms with Crippen LogP contribution in [-0.2, 0) is 0 Å². The van der Waals surface area contributed by atoms with E-state index in [1.165, 1.54) is 6.07 Å². The highest BCUT2D eigenvalue weighted by Gasteiger charge is 2.37. The van der Waals surface area contributed by atoms with Crippen molar-refractivity contribution < 1.29 is 8.78 Å². The molecule has 2 N–H and O–H groups in total. The summed E-state index contributed by atoms with van der Waals surface area (Å²) in [5.41, 5.74) is 5.95. The van der Waals surface area contributed by atoms with Crippen LogP contribution in [0.5, 0.6) is 0 Å². The molecule has 1 aromatic carbocycles. The van der Waals surface area contributed by atoms with Gasteiger partial charge in [0.1, 0.15) is 0 Å². The Balaban J connectivity index is 2.43. The second kappa shape index (κ2) is 3.03. The predicted octanol–water partition coefficient (Wildman–Crippen LogP) is 2.54. The van der Waals surface area contributed by atoms with Crippen molar-refractivity contribution in [2.45, 2.75) is 18.4 Å². The number of benzene rings is 1. The normalized spacial score (nSPS) is 26.2. The zero-order valence-corrected chi connectivity index (χ0v) is 8.31. The summed E-state index contributed by atoms with van der Waals surface area (Å²) in [6.45, 7) is 0. The zero-order valence-electron chi connectivity index (χ0n) is 6.73. The molecule has 0 heterocycles. The summed E-state index contributed by atoms with van der Waals surface area (Å²) in [6.07, 6.45) is 0.748. The Morgan fingerprint density at radius 3 is 2.46 bits per heavy atom. The van der Waals surface area contributed by atoms with Gasteiger partial charge in [0.15, 0.2) is 11.6 Å². The van der Waals surface area contributed by atoms with Crippen LogP contribution in [-0.4, -0.2) is 6.04 Å². The van der Waals surface area contributed by atoms with Crippen LogP contribution in [0.3, 0.4) is 0 Å². The lowest BCUT2D eigenvalue weighted by molar-refractivity contribution is 0.494. The van der Waals surface area contributed by atoms with Crippen molar-refractivity contribution in [3.8, 4) is 0 Å². The molecule has 2 atom stereocenters. The SMILES string of the molecule is N[C@@H]1C[C@@H]1c1ccc(Br)c(F)c1F. The molecule has 13 heavy (non-hydrogen) atoms. The summed E-state index contributed by atoms with van der Waals surface area (Å²) in [5.74, 6) is -1.59. The first-order valence-corrected chi connectivity index (χ1v) is 4.79. The van der Waals surface area contributed by atoms with E-state index < -0.39 is 11.6 Å². The molecule has 0 unspecified atom stereocenters. The number of halogens is 3. The van der Waals surface area contributed by atoms with Crippen LogP contribution in [0.4, 0.5) is 8.78 Å². The van der Waals surface area contributed by atoms with Crippen LogP contribution >= 0.6 is 15.9 Å². The highest BCUT2D eigenvalue weighted by Crippen LogP contribution is 2.41. The molecule has 1 aromatic rings. The molecule has 0 amide bonds. The van der Waals surface area contributed by atoms with Crippen molar-refractivity contribution >= 4 is 15.9 Å². The van der Waals surface area contributed by atoms with Crippen LogP contribution in [0.2, 0.25) is 0 Å². The topological polar surface area (TPSA) is 26.0 Å². The average molecular weight is 248 g/mol. The van der Waals surface area contributed by atoms with Crippen LogP contribution in [0.25, 0.3) is 0 Å². The Bertz CT molecular complexity index is 354. The van der Waals surface area contributed by atoms with Gasteiger partial charge in [-0.25, -0.2) is 8.78 Å². The standard InChI is InChI=1S/C9H8BrF2N/c10-6-2-1-4(5-3-7(5)13)8(11)9(6)12/h1-2,5,7H,3,13H2/t5-,7-/m1/s1. The predicted molar refractivity (Wildman–Crippen MR) is 49.4 cm³/mol. The Labute approximate surface area is 83.1 Å². The summed E-state index contributed by atoms with van der Waals surface area (Å²) in [6, 6.07) is 3.09. The van der Waals surface area contributed by atoms with E-state index in [9.17, 15) is 8.78 Å². The molecule has 1 nitrogen and oxygen atoms in total. The van der Waals surface area contributed by atoms with E-state index in [1.54, 1.807) is 6.07 Å². The third kappa shape index (κ3) is 1.48. The van der Waals surface area contributed by atoms with Gasteiger partial charge in [0, 0.05) is 12.0 Å². The number of rotatable bonds is 1. The van der Waals surface area contributed by atoms with Crippen molar-refractivity contribution in [1.82, 2.24) is 0 Å². The Hall–Kier alpha value is -0.480. The fourth-order valence-corrected chi connectivity index (χ4v) is 1.71. The molecule has 0 bridgehead atoms. The molecule has 4 heteroatoms. The molecular formula is C9H8BrF2N. The third-order valence-electron chi connectivity index (χ3n) is 2.30. The molecule has 70 valence electrons. The van der Waals surface area contributed by atoms with Gasteiger partial charge in [-0.05, 0) is 34.0 Å². The lowest BCUT2D eigenvalue weighted by atomic mass is 10.1. The van der Waals surface area contributed by atoms with E-state index in [1.807, 2.05) is 0 Å². The molecule has 0 saturated heterocycles. The van der Waals surface area contributed by atoms with Gasteiger partial charge in [-0.3, -0.25) is 0 Å². The van der Waals surface area contributed by atoms with E-state index in [0.717, 1.165) is 6.42 Å². The average Bonchev–Trinajstić information content (AvgIpc) is 2.79. The molecule has 1 aliphatic rings. The Morgan fingerprint density at radius 2 is 1.92 bits per heavy atom. The molecule has 2 rings (SSSR count). The summed E-state index contributed by atoms with van der Waals surface area (Å²) in [7, 11) is 0. The minimum atomic E-state index is -0.823. The van der Waals surface area contributed by atoms with Crippen LogP contribution in [0.15, 0.2) is 16.6 Å². The maximum absolute atomic E-state index is 13.3. The summed E-state index contributed by atoms with van der Waals surface area (Å²) in [4.78, 5) is 0. The van der Waals surface area contributed by atoms with Crippen molar-refractivity contribution in [3.05, 3.63) is 33.8 Å². The second-order valence-electron chi connectivity index (χ2n) is 3.27. The second-order valence-corrected chi connectivity index (χ2v) is 4.12. The summed E-state index contributed by atoms with van der Waals surface area (Å²) in [5, 5.41) is 0. The van der Waals surface area contributed by atoms with Crippen molar-refractivity contribution in [2.24, 2.45) is 5.73 Å². The van der Waals surface area contributed by atoms with Gasteiger partial charge in [0.25, 0.3) is 0 Å². The molecule has 0 radical (unpaired) electrons. The van der Waals surface area contributed by atoms with E-state index in [0.29, 0.717) is 5.56 Å². The van der Waals surface area contributed by atoms with E-state index in [-0.39, 0.29) is 16.4 Å². The lowest BCUT2D eigenvalue weighted by Gasteiger charge is -2.03. The first-order valence-electron chi connectivity index (χ1n) is 4.00. The van der Waals surface area contributed by atoms with Gasteiger partial charge < -0.3 is 5.73 Å². The van der Waals surface area contributed by atoms with Crippen LogP contribution < -0.4 is 5.73 Å². The highest BCUT2D eigenvalue weighted by atomic mass is 79.9. The minimum absolute atomic E-state index is 0.00241. The number of hydrogen-bond acceptors (Lipinski definition) is 1. The quantitative estimate of drug-likeness (QED) is 0.759. The van der Waals surface area contributed by atoms with E-state index in [4.69, 9.17) is 5.73 Å². The van der Waals surface area contributed by atoms with Gasteiger partial charge in [-0.15, -0.1) is 0 Å². The maximum atomic E-state index is 13.3. The van der Waals surface area contributed by atoms with Gasteiger partial charge in [-0.2, -0.15) is 0 Å². The maximum Gasteiger partial charge on any atom is 0.173 e. The molecule has 0 aromatic heterocycles. The van der Waals surface area contributed by atoms with Gasteiger partial charge in [-0.1, -0.05) is 6.07 Å². The zero-order chi connectivity index (χ0) is 9.59. The molecule has 1 fully saturated rings. The lowest BCUT2D eigenvalue weighted by Crippen LogP contribution is -2.03. The Morgan fingerprint density at radius 1 is 1.31 bits per heavy atom. The highest BCUT2D eigenvalue weighted by molar-refractivity contribution is 9.10. The van der Waals surface area contributed by atoms with Gasteiger partial charge in [0.2, 0.25) is 0 Å². The van der Waals surface area contributed by atoms with Crippen molar-refractivity contribution in [3.63, 3.8) is 0 Å². The monoisotopic (exact) mass is 247 g/mol. The number of hydrogen-bond donors (Lipinski definition) is 1. The fourth-order valence-electron chi connectivity index (χ4n) is 1.40. The van der Waals surface area contributed by atoms with Crippen LogP contribution in [0.1, 0.15) is 17.9 Å². The minimum Gasteiger partial charge on any atom is -0.327 e. The summed E-state index contributed by atoms with van der Waals surface area (Å²) < 4.78 is 26.5. The van der Waals surface area contributed by atoms with Crippen molar-refractivity contribution in [1.29, 1.82) is 0 Å². The van der Waals surface area contributed by atoms with Crippen molar-refractivity contribution in [2.75, 3.05) is 0 Å². The molecule has 1 saturated carbocycles. The van der Waals surface area contributed by atoms with E-state index >= 15 is 0 Å². The van der Waals surface area contributed by atoms with Gasteiger partial charge in [0.05, 0.1) is 4.47 Å². The first kappa shape index (κ1) is 9.09. The van der Waals surface area contributed by atoms with E-state index in [2.05, 4.69) is 15.9 Å². The van der Waals surface area contributed by atoms with Gasteiger partial charge >= 0.3 is 0 Å². The molecule has 1 aliphatic carbocycles. The largest absolute Gasteiger partial charge is 0.327 e. The summed E-state index contributed by atoms with van der Waals surface area (Å²) >= 11 is 2.92. The smallest absolute Gasteiger partial charge is 0.173 e. The van der Waals surface area contributed by atoms with Crippen LogP contribution in [0, 0.1) is 11.6 Å². The first-order chi connectivity index (χ1) is 6.11. The Kier molecular flexibility index (Phi) is 2.12. The molecule has 0 aliphatic heterocycles. The molecular weight excluding hydrogens is 240 g/mol. The molecule has 0 spiro atoms. The third-order valence-corrected chi connectivity index (χ3v) is 2.92. The fraction of sp³-hybridized carbons (Fsp3) is 0.333.